The molecule has 2 N–H and O–H groups in total. The van der Waals surface area contributed by atoms with Gasteiger partial charge in [-0.05, 0) is 36.2 Å². The summed E-state index contributed by atoms with van der Waals surface area (Å²) in [5.41, 5.74) is 3.61. The molecule has 0 aromatic heterocycles. The Morgan fingerprint density at radius 1 is 0.909 bits per heavy atom. The zero-order valence-electron chi connectivity index (χ0n) is 18.6. The molecule has 3 aromatic carbocycles. The first-order chi connectivity index (χ1) is 16.2. The highest BCUT2D eigenvalue weighted by Gasteiger charge is 2.22. The summed E-state index contributed by atoms with van der Waals surface area (Å²) >= 11 is 0. The number of rotatable bonds is 8. The molecule has 7 nitrogen and oxygen atoms in total. The Labute approximate surface area is 194 Å². The summed E-state index contributed by atoms with van der Waals surface area (Å²) < 4.78 is 0. The van der Waals surface area contributed by atoms with Crippen molar-refractivity contribution in [2.45, 2.75) is 12.5 Å². The second-order valence-electron chi connectivity index (χ2n) is 8.26. The fourth-order valence-electron chi connectivity index (χ4n) is 4.40. The van der Waals surface area contributed by atoms with E-state index in [-0.39, 0.29) is 23.3 Å². The van der Waals surface area contributed by atoms with Gasteiger partial charge in [0.15, 0.2) is 0 Å². The van der Waals surface area contributed by atoms with Crippen molar-refractivity contribution < 1.29 is 10.0 Å². The molecule has 0 amide bonds. The van der Waals surface area contributed by atoms with Crippen molar-refractivity contribution in [2.24, 2.45) is 0 Å². The molecular formula is C26H30N4O3. The molecule has 0 spiro atoms. The van der Waals surface area contributed by atoms with Crippen molar-refractivity contribution in [3.8, 4) is 0 Å². The number of nitrogens with one attached hydrogen (secondary N) is 1. The lowest BCUT2D eigenvalue weighted by molar-refractivity contribution is -0.384. The predicted molar refractivity (Wildman–Crippen MR) is 132 cm³/mol. The Morgan fingerprint density at radius 3 is 2.18 bits per heavy atom. The van der Waals surface area contributed by atoms with Crippen LogP contribution in [-0.4, -0.2) is 54.3 Å². The number of nitro benzene ring substituents is 1. The van der Waals surface area contributed by atoms with Gasteiger partial charge in [-0.15, -0.1) is 0 Å². The van der Waals surface area contributed by atoms with Crippen LogP contribution in [0.2, 0.25) is 0 Å². The summed E-state index contributed by atoms with van der Waals surface area (Å²) in [5, 5.41) is 24.6. The van der Waals surface area contributed by atoms with Crippen LogP contribution in [0.1, 0.15) is 23.6 Å². The molecule has 1 saturated heterocycles. The Hall–Kier alpha value is -3.42. The Balaban J connectivity index is 1.66. The Kier molecular flexibility index (Phi) is 7.55. The van der Waals surface area contributed by atoms with Crippen LogP contribution in [0, 0.1) is 10.1 Å². The SMILES string of the molecule is O=[N+]([O-])c1ccc(N2CCCN(CCO)CC2)cc1NC(c1ccccc1)c1ccccc1. The van der Waals surface area contributed by atoms with E-state index in [1.54, 1.807) is 6.07 Å². The molecule has 0 unspecified atom stereocenters. The second-order valence-corrected chi connectivity index (χ2v) is 8.26. The highest BCUT2D eigenvalue weighted by molar-refractivity contribution is 5.70. The molecule has 4 rings (SSSR count). The average Bonchev–Trinajstić information content (AvgIpc) is 3.09. The summed E-state index contributed by atoms with van der Waals surface area (Å²) in [4.78, 5) is 16.1. The molecule has 3 aromatic rings. The smallest absolute Gasteiger partial charge is 0.292 e. The van der Waals surface area contributed by atoms with Gasteiger partial charge in [0.05, 0.1) is 17.6 Å². The summed E-state index contributed by atoms with van der Waals surface area (Å²) in [6.45, 7) is 4.33. The number of hydrogen-bond acceptors (Lipinski definition) is 6. The minimum atomic E-state index is -0.329. The molecule has 1 heterocycles. The van der Waals surface area contributed by atoms with E-state index in [0.29, 0.717) is 12.2 Å². The van der Waals surface area contributed by atoms with Crippen LogP contribution in [0.4, 0.5) is 17.1 Å². The number of aliphatic hydroxyl groups is 1. The molecule has 1 aliphatic heterocycles. The largest absolute Gasteiger partial charge is 0.395 e. The van der Waals surface area contributed by atoms with Crippen molar-refractivity contribution in [3.05, 3.63) is 100 Å². The van der Waals surface area contributed by atoms with Gasteiger partial charge in [0.2, 0.25) is 0 Å². The maximum absolute atomic E-state index is 11.9. The third-order valence-electron chi connectivity index (χ3n) is 6.11. The van der Waals surface area contributed by atoms with Crippen molar-refractivity contribution in [1.29, 1.82) is 0 Å². The van der Waals surface area contributed by atoms with E-state index in [1.807, 2.05) is 72.8 Å². The predicted octanol–water partition coefficient (Wildman–Crippen LogP) is 4.30. The van der Waals surface area contributed by atoms with E-state index >= 15 is 0 Å². The van der Waals surface area contributed by atoms with Crippen molar-refractivity contribution in [1.82, 2.24) is 4.90 Å². The first kappa shape index (κ1) is 22.8. The van der Waals surface area contributed by atoms with Gasteiger partial charge in [-0.1, -0.05) is 60.7 Å². The van der Waals surface area contributed by atoms with Crippen LogP contribution < -0.4 is 10.2 Å². The van der Waals surface area contributed by atoms with Crippen molar-refractivity contribution in [2.75, 3.05) is 49.5 Å². The summed E-state index contributed by atoms with van der Waals surface area (Å²) in [6.07, 6.45) is 0.983. The van der Waals surface area contributed by atoms with Crippen LogP contribution in [0.5, 0.6) is 0 Å². The molecule has 0 bridgehead atoms. The molecule has 33 heavy (non-hydrogen) atoms. The van der Waals surface area contributed by atoms with E-state index < -0.39 is 0 Å². The van der Waals surface area contributed by atoms with Crippen LogP contribution in [0.15, 0.2) is 78.9 Å². The standard InChI is InChI=1S/C26H30N4O3/c31-19-18-28-14-7-15-29(17-16-28)23-12-13-25(30(32)33)24(20-23)27-26(21-8-3-1-4-9-21)22-10-5-2-6-11-22/h1-6,8-13,20,26-27,31H,7,14-19H2. The molecule has 1 fully saturated rings. The van der Waals surface area contributed by atoms with Gasteiger partial charge in [0.25, 0.3) is 5.69 Å². The molecule has 0 radical (unpaired) electrons. The van der Waals surface area contributed by atoms with Crippen molar-refractivity contribution >= 4 is 17.1 Å². The number of benzene rings is 3. The topological polar surface area (TPSA) is 81.9 Å². The average molecular weight is 447 g/mol. The summed E-state index contributed by atoms with van der Waals surface area (Å²) in [6, 6.07) is 25.1. The van der Waals surface area contributed by atoms with E-state index in [4.69, 9.17) is 0 Å². The number of anilines is 2. The zero-order chi connectivity index (χ0) is 23.0. The number of β-amino-alcohol motifs (C(OH)–C–C–N with tert-alkyl or cyclic N) is 1. The quantitative estimate of drug-likeness (QED) is 0.397. The number of aliphatic hydroxyl groups excluding tert-OH is 1. The third kappa shape index (κ3) is 5.69. The molecule has 1 aliphatic rings. The maximum Gasteiger partial charge on any atom is 0.292 e. The van der Waals surface area contributed by atoms with Crippen molar-refractivity contribution in [3.63, 3.8) is 0 Å². The second kappa shape index (κ2) is 10.9. The lowest BCUT2D eigenvalue weighted by Gasteiger charge is -2.25. The molecule has 172 valence electrons. The Bertz CT molecular complexity index is 1010. The summed E-state index contributed by atoms with van der Waals surface area (Å²) in [5.74, 6) is 0. The van der Waals surface area contributed by atoms with Crippen LogP contribution in [-0.2, 0) is 0 Å². The van der Waals surface area contributed by atoms with Gasteiger partial charge in [-0.25, -0.2) is 0 Å². The monoisotopic (exact) mass is 446 g/mol. The lowest BCUT2D eigenvalue weighted by Crippen LogP contribution is -2.32. The van der Waals surface area contributed by atoms with E-state index in [1.165, 1.54) is 0 Å². The minimum Gasteiger partial charge on any atom is -0.395 e. The zero-order valence-corrected chi connectivity index (χ0v) is 18.6. The fourth-order valence-corrected chi connectivity index (χ4v) is 4.40. The summed E-state index contributed by atoms with van der Waals surface area (Å²) in [7, 11) is 0. The van der Waals surface area contributed by atoms with Crippen LogP contribution >= 0.6 is 0 Å². The molecular weight excluding hydrogens is 416 g/mol. The fraction of sp³-hybridized carbons (Fsp3) is 0.308. The van der Waals surface area contributed by atoms with E-state index in [2.05, 4.69) is 15.1 Å². The van der Waals surface area contributed by atoms with Gasteiger partial charge >= 0.3 is 0 Å². The highest BCUT2D eigenvalue weighted by Crippen LogP contribution is 2.35. The molecule has 0 saturated carbocycles. The number of hydrogen-bond donors (Lipinski definition) is 2. The van der Waals surface area contributed by atoms with Gasteiger partial charge in [-0.3, -0.25) is 15.0 Å². The number of nitrogens with zero attached hydrogens (tertiary/aromatic N) is 3. The third-order valence-corrected chi connectivity index (χ3v) is 6.11. The normalized spacial score (nSPS) is 14.8. The first-order valence-corrected chi connectivity index (χ1v) is 11.4. The maximum atomic E-state index is 11.9. The van der Waals surface area contributed by atoms with Gasteiger partial charge in [0.1, 0.15) is 5.69 Å². The van der Waals surface area contributed by atoms with E-state index in [0.717, 1.165) is 49.4 Å². The molecule has 7 heteroatoms. The first-order valence-electron chi connectivity index (χ1n) is 11.4. The molecule has 0 atom stereocenters. The number of nitro groups is 1. The highest BCUT2D eigenvalue weighted by atomic mass is 16.6. The lowest BCUT2D eigenvalue weighted by atomic mass is 9.98. The Morgan fingerprint density at radius 2 is 1.58 bits per heavy atom. The van der Waals surface area contributed by atoms with Gasteiger partial charge < -0.3 is 15.3 Å². The van der Waals surface area contributed by atoms with Gasteiger partial charge in [-0.2, -0.15) is 0 Å². The van der Waals surface area contributed by atoms with Gasteiger partial charge in [0, 0.05) is 37.9 Å². The van der Waals surface area contributed by atoms with Crippen LogP contribution in [0.3, 0.4) is 0 Å². The van der Waals surface area contributed by atoms with Crippen LogP contribution in [0.25, 0.3) is 0 Å². The molecule has 0 aliphatic carbocycles. The minimum absolute atomic E-state index is 0.0624. The van der Waals surface area contributed by atoms with E-state index in [9.17, 15) is 15.2 Å².